The highest BCUT2D eigenvalue weighted by molar-refractivity contribution is 7.12. The molecule has 1 unspecified atom stereocenters. The molecule has 0 radical (unpaired) electrons. The Kier molecular flexibility index (Phi) is 4.18. The van der Waals surface area contributed by atoms with Crippen LogP contribution in [0.25, 0.3) is 11.0 Å². The van der Waals surface area contributed by atoms with E-state index in [1.165, 1.54) is 11.3 Å². The number of aromatic nitrogens is 2. The van der Waals surface area contributed by atoms with Gasteiger partial charge >= 0.3 is 0 Å². The second-order valence-corrected chi connectivity index (χ2v) is 6.65. The Morgan fingerprint density at radius 1 is 1.38 bits per heavy atom. The molecular weight excluding hydrogens is 324 g/mol. The van der Waals surface area contributed by atoms with Crippen molar-refractivity contribution >= 4 is 39.7 Å². The summed E-state index contributed by atoms with van der Waals surface area (Å²) in [5, 5.41) is 9.23. The van der Waals surface area contributed by atoms with Crippen molar-refractivity contribution in [2.45, 2.75) is 18.9 Å². The topological polar surface area (TPSA) is 79.0 Å². The molecule has 1 fully saturated rings. The van der Waals surface area contributed by atoms with Gasteiger partial charge < -0.3 is 20.4 Å². The van der Waals surface area contributed by atoms with Crippen LogP contribution in [0.2, 0.25) is 0 Å². The molecule has 0 saturated carbocycles. The third-order valence-electron chi connectivity index (χ3n) is 4.12. The van der Waals surface area contributed by atoms with Gasteiger partial charge in [-0.2, -0.15) is 0 Å². The third kappa shape index (κ3) is 3.00. The molecule has 0 spiro atoms. The lowest BCUT2D eigenvalue weighted by atomic mass is 10.2. The number of ether oxygens (including phenoxy) is 1. The predicted octanol–water partition coefficient (Wildman–Crippen LogP) is 3.28. The van der Waals surface area contributed by atoms with Crippen molar-refractivity contribution in [1.29, 1.82) is 0 Å². The van der Waals surface area contributed by atoms with Crippen molar-refractivity contribution in [3.63, 3.8) is 0 Å². The third-order valence-corrected chi connectivity index (χ3v) is 5.03. The second-order valence-electron chi connectivity index (χ2n) is 5.73. The van der Waals surface area contributed by atoms with Gasteiger partial charge in [0.1, 0.15) is 10.5 Å². The van der Waals surface area contributed by atoms with Crippen molar-refractivity contribution in [3.8, 4) is 0 Å². The van der Waals surface area contributed by atoms with Crippen LogP contribution in [0.5, 0.6) is 0 Å². The fourth-order valence-corrected chi connectivity index (χ4v) is 3.66. The number of amides is 1. The van der Waals surface area contributed by atoms with E-state index >= 15 is 0 Å². The molecule has 0 bridgehead atoms. The highest BCUT2D eigenvalue weighted by atomic mass is 32.1. The smallest absolute Gasteiger partial charge is 0.263 e. The second kappa shape index (κ2) is 6.62. The number of carbonyl (C=O) groups excluding carboxylic acids is 1. The number of hydrogen-bond donors (Lipinski definition) is 3. The summed E-state index contributed by atoms with van der Waals surface area (Å²) in [5.41, 5.74) is 2.55. The number of rotatable bonds is 5. The SMILES string of the molecule is O=C(NCC1CCCO1)c1sccc1Nc1ccnc2[nH]ccc12. The maximum Gasteiger partial charge on any atom is 0.263 e. The summed E-state index contributed by atoms with van der Waals surface area (Å²) in [5.74, 6) is -0.0673. The van der Waals surface area contributed by atoms with Gasteiger partial charge in [0.2, 0.25) is 0 Å². The lowest BCUT2D eigenvalue weighted by Gasteiger charge is -2.12. The van der Waals surface area contributed by atoms with Crippen molar-refractivity contribution in [2.24, 2.45) is 0 Å². The summed E-state index contributed by atoms with van der Waals surface area (Å²) in [7, 11) is 0. The zero-order valence-electron chi connectivity index (χ0n) is 13.0. The molecule has 24 heavy (non-hydrogen) atoms. The molecule has 3 aromatic heterocycles. The number of hydrogen-bond acceptors (Lipinski definition) is 5. The van der Waals surface area contributed by atoms with Crippen molar-refractivity contribution in [2.75, 3.05) is 18.5 Å². The van der Waals surface area contributed by atoms with E-state index in [-0.39, 0.29) is 12.0 Å². The minimum absolute atomic E-state index is 0.0673. The number of nitrogens with zero attached hydrogens (tertiary/aromatic N) is 1. The van der Waals surface area contributed by atoms with Gasteiger partial charge in [0, 0.05) is 30.9 Å². The number of anilines is 2. The lowest BCUT2D eigenvalue weighted by molar-refractivity contribution is 0.0861. The Bertz CT molecular complexity index is 851. The number of fused-ring (bicyclic) bond motifs is 1. The molecule has 4 heterocycles. The average molecular weight is 342 g/mol. The first-order chi connectivity index (χ1) is 11.8. The number of nitrogens with one attached hydrogen (secondary N) is 3. The molecule has 6 nitrogen and oxygen atoms in total. The Hall–Kier alpha value is -2.38. The molecule has 1 aliphatic rings. The predicted molar refractivity (Wildman–Crippen MR) is 95.0 cm³/mol. The van der Waals surface area contributed by atoms with Gasteiger partial charge in [0.05, 0.1) is 17.5 Å². The first kappa shape index (κ1) is 15.2. The molecule has 3 aromatic rings. The van der Waals surface area contributed by atoms with E-state index in [0.29, 0.717) is 11.4 Å². The highest BCUT2D eigenvalue weighted by Gasteiger charge is 2.19. The number of thiophene rings is 1. The summed E-state index contributed by atoms with van der Waals surface area (Å²) in [4.78, 5) is 20.5. The van der Waals surface area contributed by atoms with Crippen LogP contribution in [-0.2, 0) is 4.74 Å². The monoisotopic (exact) mass is 342 g/mol. The minimum atomic E-state index is -0.0673. The molecule has 0 aromatic carbocycles. The van der Waals surface area contributed by atoms with E-state index in [4.69, 9.17) is 4.74 Å². The fourth-order valence-electron chi connectivity index (χ4n) is 2.89. The lowest BCUT2D eigenvalue weighted by Crippen LogP contribution is -2.31. The summed E-state index contributed by atoms with van der Waals surface area (Å²) in [6.45, 7) is 1.36. The van der Waals surface area contributed by atoms with Crippen LogP contribution >= 0.6 is 11.3 Å². The van der Waals surface area contributed by atoms with E-state index in [2.05, 4.69) is 20.6 Å². The van der Waals surface area contributed by atoms with Crippen molar-refractivity contribution in [3.05, 3.63) is 40.8 Å². The number of carbonyl (C=O) groups is 1. The van der Waals surface area contributed by atoms with E-state index in [1.807, 2.05) is 29.8 Å². The van der Waals surface area contributed by atoms with Crippen LogP contribution in [0, 0.1) is 0 Å². The quantitative estimate of drug-likeness (QED) is 0.665. The zero-order chi connectivity index (χ0) is 16.4. The maximum atomic E-state index is 12.5. The van der Waals surface area contributed by atoms with Gasteiger partial charge in [-0.15, -0.1) is 11.3 Å². The van der Waals surface area contributed by atoms with E-state index in [0.717, 1.165) is 41.9 Å². The highest BCUT2D eigenvalue weighted by Crippen LogP contribution is 2.29. The minimum Gasteiger partial charge on any atom is -0.376 e. The molecule has 1 aliphatic heterocycles. The average Bonchev–Trinajstić information content (AvgIpc) is 3.34. The van der Waals surface area contributed by atoms with E-state index in [1.54, 1.807) is 6.20 Å². The van der Waals surface area contributed by atoms with E-state index < -0.39 is 0 Å². The molecule has 3 N–H and O–H groups in total. The Morgan fingerprint density at radius 3 is 3.21 bits per heavy atom. The normalized spacial score (nSPS) is 17.2. The molecule has 124 valence electrons. The van der Waals surface area contributed by atoms with Crippen LogP contribution < -0.4 is 10.6 Å². The first-order valence-corrected chi connectivity index (χ1v) is 8.85. The van der Waals surface area contributed by atoms with Crippen LogP contribution in [0.15, 0.2) is 36.0 Å². The fraction of sp³-hybridized carbons (Fsp3) is 0.294. The molecule has 0 aliphatic carbocycles. The van der Waals surface area contributed by atoms with Crippen molar-refractivity contribution in [1.82, 2.24) is 15.3 Å². The van der Waals surface area contributed by atoms with Crippen molar-refractivity contribution < 1.29 is 9.53 Å². The molecular formula is C17H18N4O2S. The van der Waals surface area contributed by atoms with Crippen LogP contribution in [0.1, 0.15) is 22.5 Å². The van der Waals surface area contributed by atoms with Gasteiger partial charge in [-0.1, -0.05) is 0 Å². The van der Waals surface area contributed by atoms with Gasteiger partial charge in [0.25, 0.3) is 5.91 Å². The standard InChI is InChI=1S/C17H18N4O2S/c22-17(20-10-11-2-1-8-23-11)15-14(5-9-24-15)21-13-4-7-19-16-12(13)3-6-18-16/h3-7,9,11H,1-2,8,10H2,(H,20,22)(H2,18,19,21). The summed E-state index contributed by atoms with van der Waals surface area (Å²) < 4.78 is 5.55. The first-order valence-electron chi connectivity index (χ1n) is 7.97. The summed E-state index contributed by atoms with van der Waals surface area (Å²) >= 11 is 1.43. The van der Waals surface area contributed by atoms with Gasteiger partial charge in [-0.25, -0.2) is 4.98 Å². The Balaban J connectivity index is 1.49. The zero-order valence-corrected chi connectivity index (χ0v) is 13.9. The maximum absolute atomic E-state index is 12.5. The molecule has 4 rings (SSSR count). The largest absolute Gasteiger partial charge is 0.376 e. The van der Waals surface area contributed by atoms with Gasteiger partial charge in [-0.05, 0) is 36.4 Å². The summed E-state index contributed by atoms with van der Waals surface area (Å²) in [6.07, 6.45) is 5.82. The van der Waals surface area contributed by atoms with Crippen LogP contribution in [0.3, 0.4) is 0 Å². The molecule has 1 amide bonds. The molecule has 7 heteroatoms. The van der Waals surface area contributed by atoms with Crippen LogP contribution in [0.4, 0.5) is 11.4 Å². The van der Waals surface area contributed by atoms with Gasteiger partial charge in [0.15, 0.2) is 0 Å². The Labute approximate surface area is 143 Å². The molecule has 1 saturated heterocycles. The van der Waals surface area contributed by atoms with Gasteiger partial charge in [-0.3, -0.25) is 4.79 Å². The number of pyridine rings is 1. The number of aromatic amines is 1. The Morgan fingerprint density at radius 2 is 2.33 bits per heavy atom. The summed E-state index contributed by atoms with van der Waals surface area (Å²) in [6, 6.07) is 5.79. The van der Waals surface area contributed by atoms with Crippen LogP contribution in [-0.4, -0.2) is 35.1 Å². The van der Waals surface area contributed by atoms with E-state index in [9.17, 15) is 4.79 Å². The molecule has 1 atom stereocenters. The number of H-pyrrole nitrogens is 1.